The SMILES string of the molecule is CC(NC(=O)COc1ccccc1)C(=O)Nc1ccc(-c2nc3ccccc3s2)cc1. The Hall–Kier alpha value is -3.71. The predicted molar refractivity (Wildman–Crippen MR) is 123 cm³/mol. The topological polar surface area (TPSA) is 80.3 Å². The summed E-state index contributed by atoms with van der Waals surface area (Å²) in [4.78, 5) is 29.1. The van der Waals surface area contributed by atoms with Gasteiger partial charge in [0.2, 0.25) is 5.91 Å². The van der Waals surface area contributed by atoms with Crippen LogP contribution < -0.4 is 15.4 Å². The average molecular weight is 432 g/mol. The summed E-state index contributed by atoms with van der Waals surface area (Å²) in [7, 11) is 0. The monoisotopic (exact) mass is 431 g/mol. The molecule has 1 atom stereocenters. The molecule has 1 heterocycles. The van der Waals surface area contributed by atoms with Crippen molar-refractivity contribution in [1.29, 1.82) is 0 Å². The molecule has 156 valence electrons. The minimum absolute atomic E-state index is 0.154. The van der Waals surface area contributed by atoms with E-state index in [0.29, 0.717) is 11.4 Å². The number of ether oxygens (including phenoxy) is 1. The summed E-state index contributed by atoms with van der Waals surface area (Å²) < 4.78 is 6.53. The lowest BCUT2D eigenvalue weighted by molar-refractivity contribution is -0.127. The Bertz CT molecular complexity index is 1160. The molecule has 0 radical (unpaired) electrons. The summed E-state index contributed by atoms with van der Waals surface area (Å²) in [6.07, 6.45) is 0. The minimum Gasteiger partial charge on any atom is -0.484 e. The van der Waals surface area contributed by atoms with E-state index >= 15 is 0 Å². The molecule has 2 N–H and O–H groups in total. The van der Waals surface area contributed by atoms with Gasteiger partial charge < -0.3 is 15.4 Å². The molecule has 6 nitrogen and oxygen atoms in total. The van der Waals surface area contributed by atoms with E-state index in [1.54, 1.807) is 30.4 Å². The zero-order valence-corrected chi connectivity index (χ0v) is 17.7. The van der Waals surface area contributed by atoms with E-state index in [1.807, 2.05) is 66.7 Å². The molecule has 0 spiro atoms. The Kier molecular flexibility index (Phi) is 6.24. The number of anilines is 1. The predicted octanol–water partition coefficient (Wildman–Crippen LogP) is 4.49. The van der Waals surface area contributed by atoms with Crippen LogP contribution in [0.4, 0.5) is 5.69 Å². The van der Waals surface area contributed by atoms with Crippen molar-refractivity contribution in [3.63, 3.8) is 0 Å². The van der Waals surface area contributed by atoms with Gasteiger partial charge in [-0.15, -0.1) is 11.3 Å². The Morgan fingerprint density at radius 2 is 1.68 bits per heavy atom. The fourth-order valence-electron chi connectivity index (χ4n) is 2.96. The second-order valence-electron chi connectivity index (χ2n) is 6.94. The summed E-state index contributed by atoms with van der Waals surface area (Å²) in [5.41, 5.74) is 2.61. The molecule has 7 heteroatoms. The van der Waals surface area contributed by atoms with E-state index in [1.165, 1.54) is 0 Å². The van der Waals surface area contributed by atoms with E-state index < -0.39 is 6.04 Å². The van der Waals surface area contributed by atoms with Gasteiger partial charge in [-0.25, -0.2) is 4.98 Å². The lowest BCUT2D eigenvalue weighted by Gasteiger charge is -2.14. The molecule has 1 unspecified atom stereocenters. The molecule has 0 aliphatic heterocycles. The van der Waals surface area contributed by atoms with Crippen LogP contribution in [-0.4, -0.2) is 29.4 Å². The number of nitrogens with one attached hydrogen (secondary N) is 2. The second kappa shape index (κ2) is 9.40. The molecule has 4 rings (SSSR count). The van der Waals surface area contributed by atoms with E-state index in [2.05, 4.69) is 15.6 Å². The number of hydrogen-bond acceptors (Lipinski definition) is 5. The number of hydrogen-bond donors (Lipinski definition) is 2. The van der Waals surface area contributed by atoms with Crippen LogP contribution in [0.2, 0.25) is 0 Å². The molecule has 0 aliphatic rings. The molecule has 0 saturated heterocycles. The smallest absolute Gasteiger partial charge is 0.258 e. The van der Waals surface area contributed by atoms with E-state index in [0.717, 1.165) is 20.8 Å². The van der Waals surface area contributed by atoms with Gasteiger partial charge in [-0.3, -0.25) is 9.59 Å². The van der Waals surface area contributed by atoms with Gasteiger partial charge in [0.1, 0.15) is 16.8 Å². The Balaban J connectivity index is 1.31. The largest absolute Gasteiger partial charge is 0.484 e. The second-order valence-corrected chi connectivity index (χ2v) is 7.97. The first-order valence-electron chi connectivity index (χ1n) is 9.82. The van der Waals surface area contributed by atoms with Crippen molar-refractivity contribution in [2.75, 3.05) is 11.9 Å². The van der Waals surface area contributed by atoms with Gasteiger partial charge in [0.05, 0.1) is 10.2 Å². The van der Waals surface area contributed by atoms with Crippen LogP contribution in [-0.2, 0) is 9.59 Å². The third-order valence-corrected chi connectivity index (χ3v) is 5.66. The van der Waals surface area contributed by atoms with Crippen molar-refractivity contribution in [3.05, 3.63) is 78.9 Å². The first-order valence-corrected chi connectivity index (χ1v) is 10.6. The summed E-state index contributed by atoms with van der Waals surface area (Å²) in [5, 5.41) is 6.38. The highest BCUT2D eigenvalue weighted by Gasteiger charge is 2.16. The van der Waals surface area contributed by atoms with Crippen molar-refractivity contribution in [1.82, 2.24) is 10.3 Å². The summed E-state index contributed by atoms with van der Waals surface area (Å²) in [6, 6.07) is 23.8. The Morgan fingerprint density at radius 1 is 0.968 bits per heavy atom. The van der Waals surface area contributed by atoms with Crippen LogP contribution in [0.1, 0.15) is 6.92 Å². The zero-order valence-electron chi connectivity index (χ0n) is 16.9. The molecule has 31 heavy (non-hydrogen) atoms. The van der Waals surface area contributed by atoms with Crippen molar-refractivity contribution in [3.8, 4) is 16.3 Å². The molecule has 0 bridgehead atoms. The van der Waals surface area contributed by atoms with Crippen LogP contribution in [0.25, 0.3) is 20.8 Å². The Labute approximate surface area is 183 Å². The normalized spacial score (nSPS) is 11.6. The maximum absolute atomic E-state index is 12.4. The first kappa shape index (κ1) is 20.6. The standard InChI is InChI=1S/C24H21N3O3S/c1-16(25-22(28)15-30-19-7-3-2-4-8-19)23(29)26-18-13-11-17(12-14-18)24-27-20-9-5-6-10-21(20)31-24/h2-14,16H,15H2,1H3,(H,25,28)(H,26,29). The van der Waals surface area contributed by atoms with Crippen LogP contribution in [0.5, 0.6) is 5.75 Å². The van der Waals surface area contributed by atoms with Gasteiger partial charge in [-0.1, -0.05) is 30.3 Å². The van der Waals surface area contributed by atoms with Crippen LogP contribution in [0.15, 0.2) is 78.9 Å². The summed E-state index contributed by atoms with van der Waals surface area (Å²) in [5.74, 6) is -0.0681. The third kappa shape index (κ3) is 5.26. The summed E-state index contributed by atoms with van der Waals surface area (Å²) >= 11 is 1.63. The molecule has 4 aromatic rings. The van der Waals surface area contributed by atoms with Crippen molar-refractivity contribution in [2.45, 2.75) is 13.0 Å². The minimum atomic E-state index is -0.698. The molecule has 0 aliphatic carbocycles. The van der Waals surface area contributed by atoms with Crippen LogP contribution in [0.3, 0.4) is 0 Å². The van der Waals surface area contributed by atoms with Crippen molar-refractivity contribution in [2.24, 2.45) is 0 Å². The average Bonchev–Trinajstić information content (AvgIpc) is 3.23. The van der Waals surface area contributed by atoms with E-state index in [4.69, 9.17) is 4.74 Å². The molecule has 1 aromatic heterocycles. The summed E-state index contributed by atoms with van der Waals surface area (Å²) in [6.45, 7) is 1.48. The number of para-hydroxylation sites is 2. The van der Waals surface area contributed by atoms with Gasteiger partial charge in [0.25, 0.3) is 5.91 Å². The number of fused-ring (bicyclic) bond motifs is 1. The van der Waals surface area contributed by atoms with E-state index in [9.17, 15) is 9.59 Å². The highest BCUT2D eigenvalue weighted by Crippen LogP contribution is 2.30. The molecular formula is C24H21N3O3S. The van der Waals surface area contributed by atoms with Crippen LogP contribution in [0, 0.1) is 0 Å². The maximum Gasteiger partial charge on any atom is 0.258 e. The molecule has 0 saturated carbocycles. The van der Waals surface area contributed by atoms with Crippen molar-refractivity contribution < 1.29 is 14.3 Å². The van der Waals surface area contributed by atoms with Crippen LogP contribution >= 0.6 is 11.3 Å². The third-order valence-electron chi connectivity index (χ3n) is 4.58. The van der Waals surface area contributed by atoms with Gasteiger partial charge in [0.15, 0.2) is 6.61 Å². The number of rotatable bonds is 7. The van der Waals surface area contributed by atoms with E-state index in [-0.39, 0.29) is 18.4 Å². The fourth-order valence-corrected chi connectivity index (χ4v) is 3.93. The maximum atomic E-state index is 12.4. The van der Waals surface area contributed by atoms with Crippen molar-refractivity contribution >= 4 is 39.1 Å². The quantitative estimate of drug-likeness (QED) is 0.452. The lowest BCUT2D eigenvalue weighted by Crippen LogP contribution is -2.43. The molecule has 0 fully saturated rings. The lowest BCUT2D eigenvalue weighted by atomic mass is 10.2. The highest BCUT2D eigenvalue weighted by atomic mass is 32.1. The number of aromatic nitrogens is 1. The number of nitrogens with zero attached hydrogens (tertiary/aromatic N) is 1. The number of thiazole rings is 1. The van der Waals surface area contributed by atoms with Gasteiger partial charge in [-0.05, 0) is 55.5 Å². The highest BCUT2D eigenvalue weighted by molar-refractivity contribution is 7.21. The Morgan fingerprint density at radius 3 is 2.42 bits per heavy atom. The van der Waals surface area contributed by atoms with Gasteiger partial charge >= 0.3 is 0 Å². The van der Waals surface area contributed by atoms with Gasteiger partial charge in [-0.2, -0.15) is 0 Å². The molecule has 2 amide bonds. The number of amides is 2. The number of carbonyl (C=O) groups excluding carboxylic acids is 2. The fraction of sp³-hybridized carbons (Fsp3) is 0.125. The molecule has 3 aromatic carbocycles. The number of benzene rings is 3. The molecular weight excluding hydrogens is 410 g/mol. The van der Waals surface area contributed by atoms with Gasteiger partial charge in [0, 0.05) is 11.3 Å². The number of carbonyl (C=O) groups is 2. The zero-order chi connectivity index (χ0) is 21.6. The first-order chi connectivity index (χ1) is 15.1.